The van der Waals surface area contributed by atoms with E-state index < -0.39 is 0 Å². The molecule has 0 radical (unpaired) electrons. The second kappa shape index (κ2) is 4.76. The van der Waals surface area contributed by atoms with Gasteiger partial charge in [-0.25, -0.2) is 0 Å². The van der Waals surface area contributed by atoms with Crippen molar-refractivity contribution in [2.24, 2.45) is 5.92 Å². The average Bonchev–Trinajstić information content (AvgIpc) is 2.18. The van der Waals surface area contributed by atoms with E-state index in [9.17, 15) is 4.79 Å². The number of hydrogen-bond acceptors (Lipinski definition) is 3. The summed E-state index contributed by atoms with van der Waals surface area (Å²) in [6, 6.07) is 2.58. The van der Waals surface area contributed by atoms with Gasteiger partial charge in [-0.05, 0) is 19.8 Å². The van der Waals surface area contributed by atoms with Crippen LogP contribution in [-0.4, -0.2) is 30.6 Å². The molecule has 1 saturated heterocycles. The molecule has 1 heterocycles. The van der Waals surface area contributed by atoms with Gasteiger partial charge >= 0.3 is 5.97 Å². The van der Waals surface area contributed by atoms with Crippen molar-refractivity contribution in [3.8, 4) is 12.5 Å². The number of rotatable bonds is 2. The van der Waals surface area contributed by atoms with Crippen molar-refractivity contribution < 1.29 is 9.53 Å². The van der Waals surface area contributed by atoms with Gasteiger partial charge in [0.15, 0.2) is 0 Å². The van der Waals surface area contributed by atoms with E-state index >= 15 is 0 Å². The summed E-state index contributed by atoms with van der Waals surface area (Å²) < 4.78 is 4.94. The Kier molecular flexibility index (Phi) is 3.63. The Balaban J connectivity index is 2.33. The maximum Gasteiger partial charge on any atom is 0.309 e. The molecule has 3 heteroatoms. The predicted molar refractivity (Wildman–Crippen MR) is 49.8 cm³/mol. The first-order chi connectivity index (χ1) is 6.27. The molecule has 0 aromatic carbocycles. The minimum Gasteiger partial charge on any atom is -0.466 e. The van der Waals surface area contributed by atoms with Crippen molar-refractivity contribution in [3.63, 3.8) is 0 Å². The molecular formula is C10H15NO2. The first-order valence-corrected chi connectivity index (χ1v) is 4.65. The number of terminal acetylenes is 1. The van der Waals surface area contributed by atoms with Gasteiger partial charge in [0, 0.05) is 19.1 Å². The van der Waals surface area contributed by atoms with Crippen LogP contribution in [-0.2, 0) is 9.53 Å². The quantitative estimate of drug-likeness (QED) is 0.467. The molecule has 72 valence electrons. The molecule has 1 fully saturated rings. The number of ether oxygens (including phenoxy) is 1. The van der Waals surface area contributed by atoms with Gasteiger partial charge in [-0.2, -0.15) is 0 Å². The SMILES string of the molecule is C#CN1CCC(C(=O)OCC)CC1. The summed E-state index contributed by atoms with van der Waals surface area (Å²) >= 11 is 0. The summed E-state index contributed by atoms with van der Waals surface area (Å²) in [6.07, 6.45) is 6.89. The zero-order valence-electron chi connectivity index (χ0n) is 7.95. The van der Waals surface area contributed by atoms with E-state index in [-0.39, 0.29) is 11.9 Å². The molecule has 13 heavy (non-hydrogen) atoms. The van der Waals surface area contributed by atoms with E-state index in [0.717, 1.165) is 25.9 Å². The van der Waals surface area contributed by atoms with Crippen LogP contribution < -0.4 is 0 Å². The van der Waals surface area contributed by atoms with Crippen LogP contribution in [0.1, 0.15) is 19.8 Å². The summed E-state index contributed by atoms with van der Waals surface area (Å²) in [4.78, 5) is 13.2. The molecule has 1 aliphatic heterocycles. The Morgan fingerprint density at radius 1 is 1.62 bits per heavy atom. The van der Waals surface area contributed by atoms with E-state index in [1.54, 1.807) is 0 Å². The lowest BCUT2D eigenvalue weighted by atomic mass is 9.97. The van der Waals surface area contributed by atoms with Gasteiger partial charge in [-0.1, -0.05) is 6.42 Å². The van der Waals surface area contributed by atoms with Crippen molar-refractivity contribution in [2.75, 3.05) is 19.7 Å². The second-order valence-electron chi connectivity index (χ2n) is 3.14. The van der Waals surface area contributed by atoms with E-state index in [1.165, 1.54) is 0 Å². The number of likely N-dealkylation sites (tertiary alicyclic amines) is 1. The Bertz CT molecular complexity index is 211. The van der Waals surface area contributed by atoms with E-state index in [1.807, 2.05) is 11.8 Å². The second-order valence-corrected chi connectivity index (χ2v) is 3.14. The molecule has 0 amide bonds. The fourth-order valence-electron chi connectivity index (χ4n) is 1.50. The first kappa shape index (κ1) is 9.91. The Morgan fingerprint density at radius 2 is 2.23 bits per heavy atom. The molecular weight excluding hydrogens is 166 g/mol. The summed E-state index contributed by atoms with van der Waals surface area (Å²) in [6.45, 7) is 3.91. The molecule has 0 spiro atoms. The molecule has 0 aromatic heterocycles. The molecule has 0 atom stereocenters. The maximum atomic E-state index is 11.3. The third kappa shape index (κ3) is 2.66. The van der Waals surface area contributed by atoms with Crippen LogP contribution >= 0.6 is 0 Å². The van der Waals surface area contributed by atoms with Crippen LogP contribution in [0.25, 0.3) is 0 Å². The smallest absolute Gasteiger partial charge is 0.309 e. The minimum absolute atomic E-state index is 0.0598. The van der Waals surface area contributed by atoms with Crippen LogP contribution in [0, 0.1) is 18.4 Å². The van der Waals surface area contributed by atoms with Crippen LogP contribution in [0.4, 0.5) is 0 Å². The van der Waals surface area contributed by atoms with Crippen molar-refractivity contribution >= 4 is 5.97 Å². The topological polar surface area (TPSA) is 29.5 Å². The lowest BCUT2D eigenvalue weighted by molar-refractivity contribution is -0.149. The monoisotopic (exact) mass is 181 g/mol. The van der Waals surface area contributed by atoms with Crippen molar-refractivity contribution in [3.05, 3.63) is 0 Å². The summed E-state index contributed by atoms with van der Waals surface area (Å²) in [5.41, 5.74) is 0. The summed E-state index contributed by atoms with van der Waals surface area (Å²) in [5.74, 6) is -0.0104. The Labute approximate surface area is 79.1 Å². The molecule has 0 N–H and O–H groups in total. The maximum absolute atomic E-state index is 11.3. The lowest BCUT2D eigenvalue weighted by Gasteiger charge is -2.27. The Morgan fingerprint density at radius 3 is 2.69 bits per heavy atom. The van der Waals surface area contributed by atoms with Crippen LogP contribution in [0.3, 0.4) is 0 Å². The number of nitrogens with zero attached hydrogens (tertiary/aromatic N) is 1. The van der Waals surface area contributed by atoms with Gasteiger partial charge < -0.3 is 9.64 Å². The van der Waals surface area contributed by atoms with Gasteiger partial charge in [-0.3, -0.25) is 4.79 Å². The standard InChI is InChI=1S/C10H15NO2/c1-3-11-7-5-9(6-8-11)10(12)13-4-2/h1,9H,4-8H2,2H3. The van der Waals surface area contributed by atoms with Crippen LogP contribution in [0.15, 0.2) is 0 Å². The number of piperidine rings is 1. The lowest BCUT2D eigenvalue weighted by Crippen LogP contribution is -2.34. The van der Waals surface area contributed by atoms with Gasteiger partial charge in [0.25, 0.3) is 0 Å². The zero-order chi connectivity index (χ0) is 9.68. The average molecular weight is 181 g/mol. The summed E-state index contributed by atoms with van der Waals surface area (Å²) in [5, 5.41) is 0. The highest BCUT2D eigenvalue weighted by molar-refractivity contribution is 5.72. The molecule has 1 aliphatic rings. The van der Waals surface area contributed by atoms with Crippen molar-refractivity contribution in [1.82, 2.24) is 4.90 Å². The molecule has 1 rings (SSSR count). The minimum atomic E-state index is -0.0702. The summed E-state index contributed by atoms with van der Waals surface area (Å²) in [7, 11) is 0. The van der Waals surface area contributed by atoms with Gasteiger partial charge in [0.2, 0.25) is 0 Å². The number of hydrogen-bond donors (Lipinski definition) is 0. The highest BCUT2D eigenvalue weighted by Gasteiger charge is 2.24. The molecule has 3 nitrogen and oxygen atoms in total. The molecule has 0 saturated carbocycles. The van der Waals surface area contributed by atoms with E-state index in [4.69, 9.17) is 11.2 Å². The van der Waals surface area contributed by atoms with Gasteiger partial charge in [0.05, 0.1) is 12.5 Å². The van der Waals surface area contributed by atoms with E-state index in [2.05, 4.69) is 6.04 Å². The van der Waals surface area contributed by atoms with Crippen molar-refractivity contribution in [2.45, 2.75) is 19.8 Å². The Hall–Kier alpha value is -1.17. The third-order valence-electron chi connectivity index (χ3n) is 2.30. The number of carbonyl (C=O) groups is 1. The molecule has 0 aliphatic carbocycles. The normalized spacial score (nSPS) is 18.0. The zero-order valence-corrected chi connectivity index (χ0v) is 7.95. The van der Waals surface area contributed by atoms with Gasteiger partial charge in [-0.15, -0.1) is 0 Å². The molecule has 0 bridgehead atoms. The molecule has 0 unspecified atom stereocenters. The molecule has 0 aromatic rings. The fraction of sp³-hybridized carbons (Fsp3) is 0.700. The number of carbonyl (C=O) groups excluding carboxylic acids is 1. The van der Waals surface area contributed by atoms with E-state index in [0.29, 0.717) is 6.61 Å². The fourth-order valence-corrected chi connectivity index (χ4v) is 1.50. The third-order valence-corrected chi connectivity index (χ3v) is 2.30. The largest absolute Gasteiger partial charge is 0.466 e. The van der Waals surface area contributed by atoms with Gasteiger partial charge in [0.1, 0.15) is 0 Å². The van der Waals surface area contributed by atoms with Crippen LogP contribution in [0.5, 0.6) is 0 Å². The first-order valence-electron chi connectivity index (χ1n) is 4.65. The van der Waals surface area contributed by atoms with Crippen LogP contribution in [0.2, 0.25) is 0 Å². The van der Waals surface area contributed by atoms with Crippen molar-refractivity contribution in [1.29, 1.82) is 0 Å². The predicted octanol–water partition coefficient (Wildman–Crippen LogP) is 0.852. The highest BCUT2D eigenvalue weighted by Crippen LogP contribution is 2.17. The number of esters is 1. The highest BCUT2D eigenvalue weighted by atomic mass is 16.5.